The van der Waals surface area contributed by atoms with Crippen molar-refractivity contribution in [3.05, 3.63) is 11.1 Å². The Morgan fingerprint density at radius 1 is 1.22 bits per heavy atom. The second-order valence-electron chi connectivity index (χ2n) is 5.48. The van der Waals surface area contributed by atoms with Crippen LogP contribution >= 0.6 is 12.2 Å². The minimum Gasteiger partial charge on any atom is -0.310 e. The summed E-state index contributed by atoms with van der Waals surface area (Å²) in [6, 6.07) is 0. The number of piperazine rings is 1. The summed E-state index contributed by atoms with van der Waals surface area (Å²) in [5, 5.41) is 4.30. The number of aryl methyl sites for hydroxylation is 1. The Morgan fingerprint density at radius 3 is 2.33 bits per heavy atom. The molecule has 0 saturated carbocycles. The maximum absolute atomic E-state index is 5.30. The van der Waals surface area contributed by atoms with Gasteiger partial charge < -0.3 is 9.47 Å². The molecular formula is C12H23N5S. The molecule has 0 aromatic carbocycles. The van der Waals surface area contributed by atoms with Crippen LogP contribution in [0.3, 0.4) is 0 Å². The second kappa shape index (κ2) is 5.95. The van der Waals surface area contributed by atoms with E-state index in [1.54, 1.807) is 6.33 Å². The van der Waals surface area contributed by atoms with Crippen molar-refractivity contribution in [1.82, 2.24) is 24.1 Å². The van der Waals surface area contributed by atoms with Crippen LogP contribution in [0.2, 0.25) is 0 Å². The Hall–Kier alpha value is -0.720. The van der Waals surface area contributed by atoms with Crippen molar-refractivity contribution in [2.45, 2.75) is 20.5 Å². The molecule has 2 heterocycles. The molecule has 1 aliphatic rings. The number of hydrogen-bond acceptors (Lipinski definition) is 4. The molecule has 0 radical (unpaired) electrons. The summed E-state index contributed by atoms with van der Waals surface area (Å²) in [5.74, 6) is 0.751. The highest BCUT2D eigenvalue weighted by Gasteiger charge is 2.17. The number of aromatic nitrogens is 3. The third-order valence-corrected chi connectivity index (χ3v) is 3.81. The zero-order chi connectivity index (χ0) is 13.1. The van der Waals surface area contributed by atoms with Gasteiger partial charge in [0.15, 0.2) is 4.77 Å². The van der Waals surface area contributed by atoms with Gasteiger partial charge in [-0.15, -0.1) is 0 Å². The van der Waals surface area contributed by atoms with Crippen LogP contribution in [0.5, 0.6) is 0 Å². The van der Waals surface area contributed by atoms with E-state index in [2.05, 4.69) is 28.7 Å². The molecule has 6 heteroatoms. The number of rotatable bonds is 4. The van der Waals surface area contributed by atoms with Crippen LogP contribution in [-0.2, 0) is 13.7 Å². The van der Waals surface area contributed by atoms with Gasteiger partial charge in [-0.3, -0.25) is 4.90 Å². The van der Waals surface area contributed by atoms with Crippen LogP contribution in [0.25, 0.3) is 0 Å². The first-order chi connectivity index (χ1) is 8.56. The van der Waals surface area contributed by atoms with Gasteiger partial charge in [0, 0.05) is 39.8 Å². The summed E-state index contributed by atoms with van der Waals surface area (Å²) < 4.78 is 4.57. The molecule has 0 amide bonds. The van der Waals surface area contributed by atoms with Gasteiger partial charge in [-0.25, -0.2) is 4.68 Å². The molecule has 2 rings (SSSR count). The summed E-state index contributed by atoms with van der Waals surface area (Å²) in [6.07, 6.45) is 1.78. The van der Waals surface area contributed by atoms with Crippen molar-refractivity contribution in [2.24, 2.45) is 13.0 Å². The predicted octanol–water partition coefficient (Wildman–Crippen LogP) is 1.18. The molecule has 1 aromatic rings. The van der Waals surface area contributed by atoms with E-state index in [9.17, 15) is 0 Å². The molecule has 1 aromatic heterocycles. The predicted molar refractivity (Wildman–Crippen MR) is 74.9 cm³/mol. The summed E-state index contributed by atoms with van der Waals surface area (Å²) >= 11 is 5.30. The third kappa shape index (κ3) is 3.40. The van der Waals surface area contributed by atoms with Crippen LogP contribution in [0, 0.1) is 10.7 Å². The molecule has 0 unspecified atom stereocenters. The zero-order valence-corrected chi connectivity index (χ0v) is 12.4. The smallest absolute Gasteiger partial charge is 0.198 e. The van der Waals surface area contributed by atoms with E-state index in [0.29, 0.717) is 0 Å². The van der Waals surface area contributed by atoms with E-state index < -0.39 is 0 Å². The number of hydrogen-bond donors (Lipinski definition) is 0. The quantitative estimate of drug-likeness (QED) is 0.768. The fourth-order valence-corrected chi connectivity index (χ4v) is 2.49. The first kappa shape index (κ1) is 13.7. The molecule has 0 spiro atoms. The topological polar surface area (TPSA) is 29.2 Å². The maximum atomic E-state index is 5.30. The maximum Gasteiger partial charge on any atom is 0.198 e. The van der Waals surface area contributed by atoms with E-state index in [1.807, 2.05) is 16.3 Å². The van der Waals surface area contributed by atoms with Crippen molar-refractivity contribution in [3.63, 3.8) is 0 Å². The first-order valence-electron chi connectivity index (χ1n) is 6.59. The van der Waals surface area contributed by atoms with Crippen LogP contribution in [0.1, 0.15) is 13.8 Å². The van der Waals surface area contributed by atoms with Crippen LogP contribution in [-0.4, -0.2) is 56.9 Å². The summed E-state index contributed by atoms with van der Waals surface area (Å²) in [6.45, 7) is 11.1. The lowest BCUT2D eigenvalue weighted by atomic mass is 10.2. The largest absolute Gasteiger partial charge is 0.310 e. The van der Waals surface area contributed by atoms with Crippen molar-refractivity contribution >= 4 is 12.2 Å². The van der Waals surface area contributed by atoms with E-state index in [-0.39, 0.29) is 0 Å². The van der Waals surface area contributed by atoms with Gasteiger partial charge in [0.1, 0.15) is 6.33 Å². The molecule has 1 saturated heterocycles. The fraction of sp³-hybridized carbons (Fsp3) is 0.833. The average Bonchev–Trinajstić information content (AvgIpc) is 2.63. The third-order valence-electron chi connectivity index (χ3n) is 3.31. The summed E-state index contributed by atoms with van der Waals surface area (Å²) in [7, 11) is 1.94. The average molecular weight is 269 g/mol. The summed E-state index contributed by atoms with van der Waals surface area (Å²) in [4.78, 5) is 4.96. The molecule has 5 nitrogen and oxygen atoms in total. The number of nitrogens with zero attached hydrogens (tertiary/aromatic N) is 5. The Kier molecular flexibility index (Phi) is 4.53. The minimum absolute atomic E-state index is 0.751. The highest BCUT2D eigenvalue weighted by atomic mass is 32.1. The highest BCUT2D eigenvalue weighted by Crippen LogP contribution is 2.06. The molecular weight excluding hydrogens is 246 g/mol. The molecule has 102 valence electrons. The Labute approximate surface area is 114 Å². The SMILES string of the molecule is CC(C)CN1CCN(Cn2ncn(C)c2=S)CC1. The van der Waals surface area contributed by atoms with Crippen molar-refractivity contribution in [2.75, 3.05) is 32.7 Å². The molecule has 18 heavy (non-hydrogen) atoms. The normalized spacial score (nSPS) is 18.7. The van der Waals surface area contributed by atoms with E-state index in [1.165, 1.54) is 6.54 Å². The van der Waals surface area contributed by atoms with Gasteiger partial charge in [-0.1, -0.05) is 13.8 Å². The lowest BCUT2D eigenvalue weighted by molar-refractivity contribution is 0.0950. The van der Waals surface area contributed by atoms with Gasteiger partial charge in [-0.2, -0.15) is 5.10 Å². The van der Waals surface area contributed by atoms with E-state index in [0.717, 1.165) is 43.5 Å². The molecule has 1 fully saturated rings. The molecule has 0 aliphatic carbocycles. The standard InChI is InChI=1S/C12H23N5S/c1-11(2)8-15-4-6-16(7-5-15)10-17-12(18)14(3)9-13-17/h9,11H,4-8,10H2,1-3H3. The first-order valence-corrected chi connectivity index (χ1v) is 7.00. The molecule has 1 aliphatic heterocycles. The molecule has 0 atom stereocenters. The molecule has 0 N–H and O–H groups in total. The fourth-order valence-electron chi connectivity index (χ4n) is 2.34. The zero-order valence-electron chi connectivity index (χ0n) is 11.5. The molecule has 0 bridgehead atoms. The monoisotopic (exact) mass is 269 g/mol. The lowest BCUT2D eigenvalue weighted by Crippen LogP contribution is -2.47. The minimum atomic E-state index is 0.751. The highest BCUT2D eigenvalue weighted by molar-refractivity contribution is 7.71. The van der Waals surface area contributed by atoms with Gasteiger partial charge >= 0.3 is 0 Å². The lowest BCUT2D eigenvalue weighted by Gasteiger charge is -2.35. The van der Waals surface area contributed by atoms with E-state index >= 15 is 0 Å². The Bertz CT molecular complexity index is 428. The Balaban J connectivity index is 1.84. The van der Waals surface area contributed by atoms with Crippen LogP contribution < -0.4 is 0 Å². The van der Waals surface area contributed by atoms with Crippen molar-refractivity contribution < 1.29 is 0 Å². The van der Waals surface area contributed by atoms with Gasteiger partial charge in [-0.05, 0) is 18.1 Å². The van der Waals surface area contributed by atoms with Gasteiger partial charge in [0.05, 0.1) is 6.67 Å². The van der Waals surface area contributed by atoms with Gasteiger partial charge in [0.2, 0.25) is 0 Å². The summed E-state index contributed by atoms with van der Waals surface area (Å²) in [5.41, 5.74) is 0. The van der Waals surface area contributed by atoms with Crippen LogP contribution in [0.15, 0.2) is 6.33 Å². The second-order valence-corrected chi connectivity index (χ2v) is 5.84. The Morgan fingerprint density at radius 2 is 1.83 bits per heavy atom. The van der Waals surface area contributed by atoms with Crippen molar-refractivity contribution in [3.8, 4) is 0 Å². The van der Waals surface area contributed by atoms with E-state index in [4.69, 9.17) is 12.2 Å². The van der Waals surface area contributed by atoms with Crippen LogP contribution in [0.4, 0.5) is 0 Å². The van der Waals surface area contributed by atoms with Gasteiger partial charge in [0.25, 0.3) is 0 Å². The van der Waals surface area contributed by atoms with Crippen molar-refractivity contribution in [1.29, 1.82) is 0 Å².